The third kappa shape index (κ3) is 4.57. The molecule has 1 fully saturated rings. The van der Waals surface area contributed by atoms with Crippen LogP contribution in [-0.4, -0.2) is 60.1 Å². The fourth-order valence-electron chi connectivity index (χ4n) is 2.21. The molecule has 2 amide bonds. The molecular formula is C13H19F3N4OS. The predicted molar refractivity (Wildman–Crippen MR) is 77.9 cm³/mol. The molecule has 1 N–H and O–H groups in total. The first kappa shape index (κ1) is 17.0. The number of piperazine rings is 1. The summed E-state index contributed by atoms with van der Waals surface area (Å²) in [7, 11) is 0. The van der Waals surface area contributed by atoms with Gasteiger partial charge in [0.15, 0.2) is 5.69 Å². The van der Waals surface area contributed by atoms with Gasteiger partial charge in [-0.2, -0.15) is 13.2 Å². The number of hydrogen-bond donors (Lipinski definition) is 1. The molecule has 0 atom stereocenters. The number of urea groups is 1. The van der Waals surface area contributed by atoms with Crippen molar-refractivity contribution in [3.63, 3.8) is 0 Å². The summed E-state index contributed by atoms with van der Waals surface area (Å²) in [6, 6.07) is -0.164. The van der Waals surface area contributed by atoms with Crippen LogP contribution in [-0.2, 0) is 12.6 Å². The highest BCUT2D eigenvalue weighted by molar-refractivity contribution is 7.09. The molecule has 1 aromatic heterocycles. The molecule has 124 valence electrons. The van der Waals surface area contributed by atoms with E-state index in [9.17, 15) is 18.0 Å². The van der Waals surface area contributed by atoms with E-state index in [2.05, 4.69) is 22.1 Å². The van der Waals surface area contributed by atoms with E-state index in [0.717, 1.165) is 36.4 Å². The Hall–Kier alpha value is -1.35. The molecule has 2 rings (SSSR count). The Kier molecular flexibility index (Phi) is 5.63. The molecule has 0 radical (unpaired) electrons. The minimum atomic E-state index is -4.41. The Labute approximate surface area is 131 Å². The molecule has 0 saturated carbocycles. The summed E-state index contributed by atoms with van der Waals surface area (Å²) in [5.41, 5.74) is -0.866. The van der Waals surface area contributed by atoms with Gasteiger partial charge in [0.1, 0.15) is 0 Å². The van der Waals surface area contributed by atoms with E-state index in [4.69, 9.17) is 0 Å². The number of amides is 2. The summed E-state index contributed by atoms with van der Waals surface area (Å²) in [5, 5.41) is 4.11. The van der Waals surface area contributed by atoms with E-state index in [0.29, 0.717) is 24.5 Å². The van der Waals surface area contributed by atoms with Gasteiger partial charge in [0.05, 0.1) is 5.01 Å². The van der Waals surface area contributed by atoms with Crippen LogP contribution in [0.4, 0.5) is 18.0 Å². The van der Waals surface area contributed by atoms with Gasteiger partial charge in [-0.05, 0) is 6.54 Å². The van der Waals surface area contributed by atoms with Crippen LogP contribution in [0.1, 0.15) is 17.6 Å². The van der Waals surface area contributed by atoms with Gasteiger partial charge in [-0.15, -0.1) is 11.3 Å². The summed E-state index contributed by atoms with van der Waals surface area (Å²) >= 11 is 0.964. The summed E-state index contributed by atoms with van der Waals surface area (Å²) in [5.74, 6) is 0. The third-order valence-corrected chi connectivity index (χ3v) is 4.47. The van der Waals surface area contributed by atoms with Crippen LogP contribution in [0.2, 0.25) is 0 Å². The van der Waals surface area contributed by atoms with Crippen molar-refractivity contribution in [3.05, 3.63) is 16.1 Å². The summed E-state index contributed by atoms with van der Waals surface area (Å²) in [4.78, 5) is 19.5. The molecule has 1 aliphatic heterocycles. The number of thiazole rings is 1. The van der Waals surface area contributed by atoms with E-state index in [1.54, 1.807) is 4.90 Å². The maximum absolute atomic E-state index is 12.4. The Morgan fingerprint density at radius 1 is 1.36 bits per heavy atom. The van der Waals surface area contributed by atoms with Crippen molar-refractivity contribution >= 4 is 17.4 Å². The average Bonchev–Trinajstić information content (AvgIpc) is 2.96. The molecule has 0 unspecified atom stereocenters. The lowest BCUT2D eigenvalue weighted by Crippen LogP contribution is -2.51. The highest BCUT2D eigenvalue weighted by Crippen LogP contribution is 2.29. The van der Waals surface area contributed by atoms with Crippen molar-refractivity contribution in [2.24, 2.45) is 0 Å². The standard InChI is InChI=1S/C13H19F3N4OS/c1-2-19-5-7-20(8-6-19)12(21)17-4-3-11-18-10(9-22-11)13(14,15)16/h9H,2-8H2,1H3,(H,17,21). The largest absolute Gasteiger partial charge is 0.434 e. The second-order valence-electron chi connectivity index (χ2n) is 5.03. The van der Waals surface area contributed by atoms with E-state index in [-0.39, 0.29) is 12.6 Å². The molecule has 0 bridgehead atoms. The molecule has 1 aliphatic rings. The number of halogens is 3. The number of likely N-dealkylation sites (N-methyl/N-ethyl adjacent to an activating group) is 1. The number of carbonyl (C=O) groups is 1. The number of nitrogens with zero attached hydrogens (tertiary/aromatic N) is 3. The zero-order valence-corrected chi connectivity index (χ0v) is 13.1. The Bertz CT molecular complexity index is 498. The monoisotopic (exact) mass is 336 g/mol. The Morgan fingerprint density at radius 2 is 2.05 bits per heavy atom. The number of hydrogen-bond acceptors (Lipinski definition) is 4. The number of aromatic nitrogens is 1. The zero-order chi connectivity index (χ0) is 16.2. The predicted octanol–water partition coefficient (Wildman–Crippen LogP) is 2.05. The van der Waals surface area contributed by atoms with Crippen LogP contribution in [0, 0.1) is 0 Å². The lowest BCUT2D eigenvalue weighted by molar-refractivity contribution is -0.140. The third-order valence-electron chi connectivity index (χ3n) is 3.56. The van der Waals surface area contributed by atoms with Crippen LogP contribution in [0.15, 0.2) is 5.38 Å². The van der Waals surface area contributed by atoms with Gasteiger partial charge in [-0.25, -0.2) is 9.78 Å². The molecule has 0 aromatic carbocycles. The zero-order valence-electron chi connectivity index (χ0n) is 12.3. The minimum Gasteiger partial charge on any atom is -0.338 e. The normalized spacial score (nSPS) is 16.8. The molecule has 22 heavy (non-hydrogen) atoms. The average molecular weight is 336 g/mol. The van der Waals surface area contributed by atoms with Gasteiger partial charge >= 0.3 is 12.2 Å². The molecule has 0 aliphatic carbocycles. The smallest absolute Gasteiger partial charge is 0.338 e. The van der Waals surface area contributed by atoms with Crippen molar-refractivity contribution in [3.8, 4) is 0 Å². The van der Waals surface area contributed by atoms with Crippen LogP contribution < -0.4 is 5.32 Å². The second kappa shape index (κ2) is 7.28. The van der Waals surface area contributed by atoms with Gasteiger partial charge in [0, 0.05) is 44.5 Å². The first-order chi connectivity index (χ1) is 10.4. The van der Waals surface area contributed by atoms with Gasteiger partial charge in [0.2, 0.25) is 0 Å². The summed E-state index contributed by atoms with van der Waals surface area (Å²) < 4.78 is 37.3. The Balaban J connectivity index is 1.72. The van der Waals surface area contributed by atoms with Crippen LogP contribution in [0.3, 0.4) is 0 Å². The van der Waals surface area contributed by atoms with Crippen molar-refractivity contribution in [1.29, 1.82) is 0 Å². The number of nitrogens with one attached hydrogen (secondary N) is 1. The van der Waals surface area contributed by atoms with Gasteiger partial charge < -0.3 is 15.1 Å². The molecule has 0 spiro atoms. The van der Waals surface area contributed by atoms with E-state index < -0.39 is 11.9 Å². The van der Waals surface area contributed by atoms with Crippen LogP contribution >= 0.6 is 11.3 Å². The summed E-state index contributed by atoms with van der Waals surface area (Å²) in [6.45, 7) is 6.40. The SMILES string of the molecule is CCN1CCN(C(=O)NCCc2nc(C(F)(F)F)cs2)CC1. The second-order valence-corrected chi connectivity index (χ2v) is 5.97. The highest BCUT2D eigenvalue weighted by atomic mass is 32.1. The number of rotatable bonds is 4. The first-order valence-corrected chi connectivity index (χ1v) is 8.05. The maximum atomic E-state index is 12.4. The quantitative estimate of drug-likeness (QED) is 0.915. The minimum absolute atomic E-state index is 0.164. The molecule has 5 nitrogen and oxygen atoms in total. The Morgan fingerprint density at radius 3 is 2.59 bits per heavy atom. The fraction of sp³-hybridized carbons (Fsp3) is 0.692. The number of alkyl halides is 3. The van der Waals surface area contributed by atoms with E-state index in [1.165, 1.54) is 0 Å². The van der Waals surface area contributed by atoms with Gasteiger partial charge in [0.25, 0.3) is 0 Å². The first-order valence-electron chi connectivity index (χ1n) is 7.17. The molecule has 2 heterocycles. The molecule has 9 heteroatoms. The lowest BCUT2D eigenvalue weighted by atomic mass is 10.3. The van der Waals surface area contributed by atoms with Crippen molar-refractivity contribution in [2.75, 3.05) is 39.3 Å². The fourth-order valence-corrected chi connectivity index (χ4v) is 3.02. The van der Waals surface area contributed by atoms with Crippen LogP contribution in [0.5, 0.6) is 0 Å². The van der Waals surface area contributed by atoms with Crippen molar-refractivity contribution < 1.29 is 18.0 Å². The lowest BCUT2D eigenvalue weighted by Gasteiger charge is -2.33. The van der Waals surface area contributed by atoms with E-state index >= 15 is 0 Å². The molecule has 1 aromatic rings. The maximum Gasteiger partial charge on any atom is 0.434 e. The summed E-state index contributed by atoms with van der Waals surface area (Å²) in [6.07, 6.45) is -4.10. The van der Waals surface area contributed by atoms with Gasteiger partial charge in [-0.3, -0.25) is 0 Å². The molecular weight excluding hydrogens is 317 g/mol. The number of carbonyl (C=O) groups excluding carboxylic acids is 1. The van der Waals surface area contributed by atoms with E-state index in [1.807, 2.05) is 0 Å². The van der Waals surface area contributed by atoms with Crippen molar-refractivity contribution in [2.45, 2.75) is 19.5 Å². The van der Waals surface area contributed by atoms with Crippen LogP contribution in [0.25, 0.3) is 0 Å². The van der Waals surface area contributed by atoms with Gasteiger partial charge in [-0.1, -0.05) is 6.92 Å². The topological polar surface area (TPSA) is 48.5 Å². The van der Waals surface area contributed by atoms with Crippen molar-refractivity contribution in [1.82, 2.24) is 20.1 Å². The highest BCUT2D eigenvalue weighted by Gasteiger charge is 2.33. The molecule has 1 saturated heterocycles.